The van der Waals surface area contributed by atoms with Crippen molar-refractivity contribution in [1.82, 2.24) is 9.80 Å². The zero-order valence-electron chi connectivity index (χ0n) is 19.5. The van der Waals surface area contributed by atoms with E-state index in [1.54, 1.807) is 14.2 Å². The van der Waals surface area contributed by atoms with Gasteiger partial charge in [0, 0.05) is 48.4 Å². The van der Waals surface area contributed by atoms with Crippen LogP contribution in [0.2, 0.25) is 0 Å². The number of methoxy groups -OCH3 is 2. The number of aryl methyl sites for hydroxylation is 2. The smallest absolute Gasteiger partial charge is 0.253 e. The molecule has 0 N–H and O–H groups in total. The summed E-state index contributed by atoms with van der Waals surface area (Å²) in [4.78, 5) is 30.1. The summed E-state index contributed by atoms with van der Waals surface area (Å²) >= 11 is 0. The molecule has 2 saturated heterocycles. The van der Waals surface area contributed by atoms with Gasteiger partial charge in [-0.2, -0.15) is 0 Å². The number of carbonyl (C=O) groups excluding carboxylic acids is 2. The van der Waals surface area contributed by atoms with E-state index < -0.39 is 0 Å². The zero-order valence-corrected chi connectivity index (χ0v) is 19.5. The molecule has 0 atom stereocenters. The fourth-order valence-electron chi connectivity index (χ4n) is 4.94. The van der Waals surface area contributed by atoms with Gasteiger partial charge in [0.15, 0.2) is 0 Å². The molecule has 2 aromatic rings. The molecular weight excluding hydrogens is 404 g/mol. The van der Waals surface area contributed by atoms with Crippen LogP contribution in [0.1, 0.15) is 57.5 Å². The fourth-order valence-corrected chi connectivity index (χ4v) is 4.94. The summed E-state index contributed by atoms with van der Waals surface area (Å²) in [5, 5.41) is 0. The van der Waals surface area contributed by atoms with Crippen LogP contribution >= 0.6 is 0 Å². The standard InChI is InChI=1S/C26H32N2O4/c1-17-13-19(25(29)27-9-5-6-10-27)15-21(23(17)31-3)22-16-20(14-18(2)24(22)32-4)26(30)28-11-7-8-12-28/h13-16H,5-12H2,1-4H3. The summed E-state index contributed by atoms with van der Waals surface area (Å²) in [6.45, 7) is 7.06. The van der Waals surface area contributed by atoms with Crippen molar-refractivity contribution >= 4 is 11.8 Å². The van der Waals surface area contributed by atoms with E-state index in [4.69, 9.17) is 9.47 Å². The molecule has 0 spiro atoms. The number of benzene rings is 2. The number of rotatable bonds is 5. The minimum absolute atomic E-state index is 0.0366. The molecule has 0 radical (unpaired) electrons. The normalized spacial score (nSPS) is 15.9. The van der Waals surface area contributed by atoms with E-state index in [1.165, 1.54) is 0 Å². The fraction of sp³-hybridized carbons (Fsp3) is 0.462. The maximum Gasteiger partial charge on any atom is 0.253 e. The Balaban J connectivity index is 1.85. The maximum atomic E-state index is 13.1. The highest BCUT2D eigenvalue weighted by atomic mass is 16.5. The van der Waals surface area contributed by atoms with Gasteiger partial charge in [-0.25, -0.2) is 0 Å². The molecule has 2 amide bonds. The lowest BCUT2D eigenvalue weighted by Gasteiger charge is -2.21. The molecule has 0 aliphatic carbocycles. The van der Waals surface area contributed by atoms with E-state index in [0.717, 1.165) is 74.1 Å². The Morgan fingerprint density at radius 1 is 0.656 bits per heavy atom. The second kappa shape index (κ2) is 9.23. The van der Waals surface area contributed by atoms with Crippen LogP contribution in [0.4, 0.5) is 0 Å². The summed E-state index contributed by atoms with van der Waals surface area (Å²) in [6, 6.07) is 7.55. The molecule has 32 heavy (non-hydrogen) atoms. The van der Waals surface area contributed by atoms with Crippen LogP contribution in [0.3, 0.4) is 0 Å². The Morgan fingerprint density at radius 3 is 1.31 bits per heavy atom. The molecular formula is C26H32N2O4. The average Bonchev–Trinajstić information content (AvgIpc) is 3.51. The van der Waals surface area contributed by atoms with Crippen LogP contribution in [-0.4, -0.2) is 62.0 Å². The molecule has 2 aliphatic heterocycles. The lowest BCUT2D eigenvalue weighted by molar-refractivity contribution is 0.0785. The monoisotopic (exact) mass is 436 g/mol. The third-order valence-electron chi connectivity index (χ3n) is 6.53. The van der Waals surface area contributed by atoms with E-state index >= 15 is 0 Å². The predicted octanol–water partition coefficient (Wildman–Crippen LogP) is 4.46. The highest BCUT2D eigenvalue weighted by Crippen LogP contribution is 2.42. The van der Waals surface area contributed by atoms with Crippen LogP contribution in [0, 0.1) is 13.8 Å². The van der Waals surface area contributed by atoms with Crippen molar-refractivity contribution in [3.8, 4) is 22.6 Å². The summed E-state index contributed by atoms with van der Waals surface area (Å²) in [6.07, 6.45) is 4.17. The largest absolute Gasteiger partial charge is 0.496 e. The molecule has 2 aliphatic rings. The molecule has 2 fully saturated rings. The van der Waals surface area contributed by atoms with Crippen molar-refractivity contribution in [2.24, 2.45) is 0 Å². The molecule has 2 heterocycles. The number of hydrogen-bond acceptors (Lipinski definition) is 4. The molecule has 2 aromatic carbocycles. The summed E-state index contributed by atoms with van der Waals surface area (Å²) < 4.78 is 11.5. The van der Waals surface area contributed by atoms with Crippen LogP contribution in [-0.2, 0) is 0 Å². The first kappa shape index (κ1) is 22.2. The Hall–Kier alpha value is -3.02. The first-order valence-corrected chi connectivity index (χ1v) is 11.4. The lowest BCUT2D eigenvalue weighted by atomic mass is 9.93. The Labute approximate surface area is 190 Å². The number of likely N-dealkylation sites (tertiary alicyclic amines) is 2. The zero-order chi connectivity index (χ0) is 22.8. The van der Waals surface area contributed by atoms with Crippen LogP contribution in [0.15, 0.2) is 24.3 Å². The van der Waals surface area contributed by atoms with Gasteiger partial charge in [0.1, 0.15) is 11.5 Å². The van der Waals surface area contributed by atoms with Crippen molar-refractivity contribution in [2.45, 2.75) is 39.5 Å². The van der Waals surface area contributed by atoms with Gasteiger partial charge in [-0.05, 0) is 74.9 Å². The second-order valence-corrected chi connectivity index (χ2v) is 8.75. The maximum absolute atomic E-state index is 13.1. The number of nitrogens with zero attached hydrogens (tertiary/aromatic N) is 2. The van der Waals surface area contributed by atoms with Gasteiger partial charge in [-0.3, -0.25) is 9.59 Å². The second-order valence-electron chi connectivity index (χ2n) is 8.75. The third kappa shape index (κ3) is 4.06. The van der Waals surface area contributed by atoms with Crippen LogP contribution in [0.25, 0.3) is 11.1 Å². The number of carbonyl (C=O) groups is 2. The highest BCUT2D eigenvalue weighted by Gasteiger charge is 2.26. The predicted molar refractivity (Wildman–Crippen MR) is 125 cm³/mol. The van der Waals surface area contributed by atoms with Gasteiger partial charge in [-0.15, -0.1) is 0 Å². The van der Waals surface area contributed by atoms with Gasteiger partial charge in [0.05, 0.1) is 14.2 Å². The molecule has 0 bridgehead atoms. The van der Waals surface area contributed by atoms with Crippen molar-refractivity contribution in [3.05, 3.63) is 46.5 Å². The molecule has 6 nitrogen and oxygen atoms in total. The lowest BCUT2D eigenvalue weighted by Crippen LogP contribution is -2.28. The molecule has 4 rings (SSSR count). The Kier molecular flexibility index (Phi) is 6.40. The first-order chi connectivity index (χ1) is 15.4. The van der Waals surface area contributed by atoms with Gasteiger partial charge in [0.25, 0.3) is 11.8 Å². The van der Waals surface area contributed by atoms with Gasteiger partial charge in [0.2, 0.25) is 0 Å². The van der Waals surface area contributed by atoms with Crippen LogP contribution < -0.4 is 9.47 Å². The van der Waals surface area contributed by atoms with E-state index in [2.05, 4.69) is 0 Å². The summed E-state index contributed by atoms with van der Waals surface area (Å²) in [5.41, 5.74) is 4.57. The van der Waals surface area contributed by atoms with Crippen molar-refractivity contribution in [1.29, 1.82) is 0 Å². The number of hydrogen-bond donors (Lipinski definition) is 0. The van der Waals surface area contributed by atoms with E-state index in [9.17, 15) is 9.59 Å². The highest BCUT2D eigenvalue weighted by molar-refractivity contribution is 5.99. The van der Waals surface area contributed by atoms with Gasteiger partial charge < -0.3 is 19.3 Å². The van der Waals surface area contributed by atoms with Crippen molar-refractivity contribution in [3.63, 3.8) is 0 Å². The van der Waals surface area contributed by atoms with E-state index in [1.807, 2.05) is 47.9 Å². The van der Waals surface area contributed by atoms with Gasteiger partial charge >= 0.3 is 0 Å². The summed E-state index contributed by atoms with van der Waals surface area (Å²) in [7, 11) is 3.26. The topological polar surface area (TPSA) is 59.1 Å². The molecule has 6 heteroatoms. The molecule has 0 aromatic heterocycles. The number of amides is 2. The van der Waals surface area contributed by atoms with E-state index in [0.29, 0.717) is 22.6 Å². The SMILES string of the molecule is COc1c(C)cc(C(=O)N2CCCC2)cc1-c1cc(C(=O)N2CCCC2)cc(C)c1OC. The molecule has 0 saturated carbocycles. The first-order valence-electron chi connectivity index (χ1n) is 11.4. The minimum Gasteiger partial charge on any atom is -0.496 e. The van der Waals surface area contributed by atoms with E-state index in [-0.39, 0.29) is 11.8 Å². The third-order valence-corrected chi connectivity index (χ3v) is 6.53. The molecule has 0 unspecified atom stereocenters. The van der Waals surface area contributed by atoms with Gasteiger partial charge in [-0.1, -0.05) is 0 Å². The average molecular weight is 437 g/mol. The van der Waals surface area contributed by atoms with Crippen molar-refractivity contribution in [2.75, 3.05) is 40.4 Å². The summed E-state index contributed by atoms with van der Waals surface area (Å²) in [5.74, 6) is 1.45. The Bertz CT molecular complexity index is 951. The Morgan fingerprint density at radius 2 is 1.00 bits per heavy atom. The van der Waals surface area contributed by atoms with Crippen molar-refractivity contribution < 1.29 is 19.1 Å². The molecule has 170 valence electrons. The quantitative estimate of drug-likeness (QED) is 0.694. The number of ether oxygens (including phenoxy) is 2. The minimum atomic E-state index is 0.0366. The van der Waals surface area contributed by atoms with Crippen LogP contribution in [0.5, 0.6) is 11.5 Å².